The van der Waals surface area contributed by atoms with Gasteiger partial charge in [0.1, 0.15) is 5.75 Å². The van der Waals surface area contributed by atoms with Crippen molar-refractivity contribution in [3.63, 3.8) is 0 Å². The third-order valence-corrected chi connectivity index (χ3v) is 4.82. The number of aliphatic hydroxyl groups is 2. The average Bonchev–Trinajstić information content (AvgIpc) is 2.57. The first-order valence-electron chi connectivity index (χ1n) is 8.74. The molecule has 0 radical (unpaired) electrons. The topological polar surface area (TPSA) is 82.0 Å². The van der Waals surface area contributed by atoms with Crippen molar-refractivity contribution in [1.82, 2.24) is 4.90 Å². The van der Waals surface area contributed by atoms with E-state index >= 15 is 0 Å². The number of carbonyl (C=O) groups excluding carboxylic acids is 1. The molecule has 0 aromatic heterocycles. The predicted octanol–water partition coefficient (Wildman–Crippen LogP) is 1.50. The van der Waals surface area contributed by atoms with E-state index in [4.69, 9.17) is 4.74 Å². The Morgan fingerprint density at radius 3 is 3.00 bits per heavy atom. The lowest BCUT2D eigenvalue weighted by Crippen LogP contribution is -2.45. The Morgan fingerprint density at radius 1 is 1.42 bits per heavy atom. The molecule has 2 aliphatic heterocycles. The third kappa shape index (κ3) is 3.71. The van der Waals surface area contributed by atoms with E-state index in [1.165, 1.54) is 0 Å². The summed E-state index contributed by atoms with van der Waals surface area (Å²) in [5, 5.41) is 22.2. The number of amides is 1. The molecule has 3 atom stereocenters. The number of nitrogens with one attached hydrogen (secondary N) is 1. The van der Waals surface area contributed by atoms with E-state index < -0.39 is 6.10 Å². The molecule has 1 amide bonds. The minimum atomic E-state index is -0.407. The van der Waals surface area contributed by atoms with Crippen LogP contribution >= 0.6 is 0 Å². The summed E-state index contributed by atoms with van der Waals surface area (Å²) in [6.45, 7) is 3.51. The first-order valence-corrected chi connectivity index (χ1v) is 8.74. The van der Waals surface area contributed by atoms with Crippen LogP contribution < -0.4 is 10.1 Å². The van der Waals surface area contributed by atoms with Gasteiger partial charge in [-0.1, -0.05) is 19.4 Å². The Labute approximate surface area is 142 Å². The van der Waals surface area contributed by atoms with E-state index in [0.717, 1.165) is 24.9 Å². The van der Waals surface area contributed by atoms with Crippen LogP contribution in [0.25, 0.3) is 0 Å². The number of piperidine rings is 1. The molecule has 2 unspecified atom stereocenters. The molecule has 0 saturated carbocycles. The number of carbonyl (C=O) groups is 1. The molecule has 6 heteroatoms. The molecule has 132 valence electrons. The summed E-state index contributed by atoms with van der Waals surface area (Å²) >= 11 is 0. The number of hydrogen-bond donors (Lipinski definition) is 3. The van der Waals surface area contributed by atoms with Gasteiger partial charge in [-0.25, -0.2) is 0 Å². The van der Waals surface area contributed by atoms with E-state index in [-0.39, 0.29) is 24.7 Å². The van der Waals surface area contributed by atoms with Gasteiger partial charge in [0.25, 0.3) is 5.91 Å². The summed E-state index contributed by atoms with van der Waals surface area (Å²) in [6.07, 6.45) is 2.19. The lowest BCUT2D eigenvalue weighted by molar-refractivity contribution is -0.123. The number of aliphatic hydroxyl groups excluding tert-OH is 2. The molecule has 0 spiro atoms. The summed E-state index contributed by atoms with van der Waals surface area (Å²) in [7, 11) is 0. The number of benzene rings is 1. The lowest BCUT2D eigenvalue weighted by atomic mass is 9.99. The Morgan fingerprint density at radius 2 is 2.25 bits per heavy atom. The average molecular weight is 334 g/mol. The molecule has 6 nitrogen and oxygen atoms in total. The summed E-state index contributed by atoms with van der Waals surface area (Å²) in [5.41, 5.74) is 1.77. The first-order chi connectivity index (χ1) is 11.6. The van der Waals surface area contributed by atoms with Crippen LogP contribution in [0.4, 0.5) is 5.69 Å². The number of hydrogen-bond acceptors (Lipinski definition) is 5. The summed E-state index contributed by atoms with van der Waals surface area (Å²) in [4.78, 5) is 14.3. The van der Waals surface area contributed by atoms with E-state index in [9.17, 15) is 15.0 Å². The summed E-state index contributed by atoms with van der Waals surface area (Å²) in [6, 6.07) is 5.82. The monoisotopic (exact) mass is 334 g/mol. The maximum absolute atomic E-state index is 12.1. The van der Waals surface area contributed by atoms with Crippen molar-refractivity contribution < 1.29 is 19.7 Å². The molecule has 2 aliphatic rings. The van der Waals surface area contributed by atoms with Crippen LogP contribution in [0.15, 0.2) is 18.2 Å². The molecular formula is C18H26N2O4. The number of ether oxygens (including phenoxy) is 1. The summed E-state index contributed by atoms with van der Waals surface area (Å²) in [5.74, 6) is 0.625. The fourth-order valence-electron chi connectivity index (χ4n) is 3.46. The van der Waals surface area contributed by atoms with Crippen LogP contribution in [0.2, 0.25) is 0 Å². The zero-order chi connectivity index (χ0) is 17.1. The lowest BCUT2D eigenvalue weighted by Gasteiger charge is -2.37. The van der Waals surface area contributed by atoms with Gasteiger partial charge in [0.15, 0.2) is 6.10 Å². The minimum absolute atomic E-state index is 0.0236. The second-order valence-corrected chi connectivity index (χ2v) is 6.70. The largest absolute Gasteiger partial charge is 0.478 e. The molecule has 1 aromatic rings. The van der Waals surface area contributed by atoms with Crippen molar-refractivity contribution in [2.75, 3.05) is 18.5 Å². The highest BCUT2D eigenvalue weighted by atomic mass is 16.5. The zero-order valence-corrected chi connectivity index (χ0v) is 14.1. The van der Waals surface area contributed by atoms with Crippen molar-refractivity contribution >= 4 is 11.6 Å². The van der Waals surface area contributed by atoms with Crippen LogP contribution in [0, 0.1) is 0 Å². The van der Waals surface area contributed by atoms with Gasteiger partial charge >= 0.3 is 0 Å². The molecule has 1 saturated heterocycles. The number of anilines is 1. The highest BCUT2D eigenvalue weighted by Crippen LogP contribution is 2.32. The highest BCUT2D eigenvalue weighted by Gasteiger charge is 2.29. The Balaban J connectivity index is 1.70. The van der Waals surface area contributed by atoms with Crippen molar-refractivity contribution in [2.24, 2.45) is 0 Å². The van der Waals surface area contributed by atoms with Gasteiger partial charge < -0.3 is 20.3 Å². The number of fused-ring (bicyclic) bond motifs is 1. The molecule has 0 bridgehead atoms. The molecule has 3 N–H and O–H groups in total. The van der Waals surface area contributed by atoms with E-state index in [1.807, 2.05) is 25.1 Å². The van der Waals surface area contributed by atoms with E-state index in [0.29, 0.717) is 30.8 Å². The molecule has 1 fully saturated rings. The van der Waals surface area contributed by atoms with Gasteiger partial charge in [0.2, 0.25) is 0 Å². The van der Waals surface area contributed by atoms with Gasteiger partial charge in [-0.15, -0.1) is 0 Å². The second kappa shape index (κ2) is 7.51. The fraction of sp³-hybridized carbons (Fsp3) is 0.611. The first kappa shape index (κ1) is 17.2. The molecule has 3 rings (SSSR count). The number of nitrogens with zero attached hydrogens (tertiary/aromatic N) is 1. The molecule has 0 aliphatic carbocycles. The van der Waals surface area contributed by atoms with Gasteiger partial charge in [0.05, 0.1) is 18.4 Å². The Hall–Kier alpha value is -1.63. The summed E-state index contributed by atoms with van der Waals surface area (Å²) < 4.78 is 5.79. The van der Waals surface area contributed by atoms with Crippen molar-refractivity contribution in [3.05, 3.63) is 23.8 Å². The third-order valence-electron chi connectivity index (χ3n) is 4.82. The Bertz CT molecular complexity index is 592. The molecular weight excluding hydrogens is 308 g/mol. The molecule has 1 aromatic carbocycles. The Kier molecular flexibility index (Phi) is 5.38. The smallest absolute Gasteiger partial charge is 0.265 e. The fourth-order valence-corrected chi connectivity index (χ4v) is 3.46. The molecule has 2 heterocycles. The maximum Gasteiger partial charge on any atom is 0.265 e. The van der Waals surface area contributed by atoms with Crippen LogP contribution in [-0.2, 0) is 11.3 Å². The van der Waals surface area contributed by atoms with Crippen LogP contribution in [0.5, 0.6) is 5.75 Å². The zero-order valence-electron chi connectivity index (χ0n) is 14.1. The number of likely N-dealkylation sites (tertiary alicyclic amines) is 1. The predicted molar refractivity (Wildman–Crippen MR) is 90.9 cm³/mol. The van der Waals surface area contributed by atoms with E-state index in [2.05, 4.69) is 10.2 Å². The standard InChI is InChI=1S/C18H26N2O4/c1-2-3-17-18(23)19-15-8-12(4-5-16(15)24-17)10-20-7-6-14(22)9-13(20)11-21/h4-5,8,13-14,17,21-22H,2-3,6-7,9-11H2,1H3,(H,19,23)/t13-,14?,17?/m1/s1. The number of rotatable bonds is 5. The quantitative estimate of drug-likeness (QED) is 0.760. The highest BCUT2D eigenvalue weighted by molar-refractivity contribution is 5.97. The van der Waals surface area contributed by atoms with Gasteiger partial charge in [-0.3, -0.25) is 9.69 Å². The maximum atomic E-state index is 12.1. The normalized spacial score (nSPS) is 27.3. The van der Waals surface area contributed by atoms with Gasteiger partial charge in [-0.2, -0.15) is 0 Å². The van der Waals surface area contributed by atoms with Gasteiger partial charge in [0, 0.05) is 19.1 Å². The second-order valence-electron chi connectivity index (χ2n) is 6.70. The van der Waals surface area contributed by atoms with Crippen LogP contribution in [0.3, 0.4) is 0 Å². The van der Waals surface area contributed by atoms with Crippen molar-refractivity contribution in [1.29, 1.82) is 0 Å². The van der Waals surface area contributed by atoms with Crippen molar-refractivity contribution in [3.8, 4) is 5.75 Å². The minimum Gasteiger partial charge on any atom is -0.478 e. The SMILES string of the molecule is CCCC1Oc2ccc(CN3CCC(O)C[C@@H]3CO)cc2NC1=O. The van der Waals surface area contributed by atoms with Gasteiger partial charge in [-0.05, 0) is 37.0 Å². The molecule has 24 heavy (non-hydrogen) atoms. The van der Waals surface area contributed by atoms with Crippen LogP contribution in [0.1, 0.15) is 38.2 Å². The van der Waals surface area contributed by atoms with Crippen molar-refractivity contribution in [2.45, 2.75) is 57.4 Å². The van der Waals surface area contributed by atoms with Crippen LogP contribution in [-0.4, -0.2) is 52.4 Å². The van der Waals surface area contributed by atoms with E-state index in [1.54, 1.807) is 0 Å².